The summed E-state index contributed by atoms with van der Waals surface area (Å²) in [5.41, 5.74) is 2.56. The van der Waals surface area contributed by atoms with Gasteiger partial charge in [-0.15, -0.1) is 0 Å². The molecule has 1 fully saturated rings. The number of β-amino-alcohol motifs (C(OH)–C–C–N with tert-alkyl or cyclic N) is 1. The molecule has 0 aromatic heterocycles. The average molecular weight is 361 g/mol. The highest BCUT2D eigenvalue weighted by atomic mass is 35.5. The second-order valence-corrected chi connectivity index (χ2v) is 6.93. The molecule has 134 valence electrons. The van der Waals surface area contributed by atoms with Gasteiger partial charge in [-0.25, -0.2) is 0 Å². The van der Waals surface area contributed by atoms with Gasteiger partial charge in [-0.2, -0.15) is 0 Å². The standard InChI is InChI=1S/C20H25ClN2O2/c1-16-5-4-6-17(13-16)23-11-9-22(10-12-23)14-18(24)15-25-20-8-3-2-7-19(20)21/h2-8,13,18,24H,9-12,14-15H2,1H3/t18-/m1/s1. The highest BCUT2D eigenvalue weighted by Crippen LogP contribution is 2.23. The number of benzene rings is 2. The van der Waals surface area contributed by atoms with Crippen molar-refractivity contribution in [3.63, 3.8) is 0 Å². The third-order valence-corrected chi connectivity index (χ3v) is 4.79. The minimum Gasteiger partial charge on any atom is -0.489 e. The fourth-order valence-electron chi connectivity index (χ4n) is 3.11. The van der Waals surface area contributed by atoms with Crippen LogP contribution in [0.4, 0.5) is 5.69 Å². The molecule has 3 rings (SSSR count). The van der Waals surface area contributed by atoms with E-state index in [0.29, 0.717) is 17.3 Å². The van der Waals surface area contributed by atoms with Crippen molar-refractivity contribution in [3.8, 4) is 5.75 Å². The first-order chi connectivity index (χ1) is 12.1. The van der Waals surface area contributed by atoms with Gasteiger partial charge < -0.3 is 14.7 Å². The monoisotopic (exact) mass is 360 g/mol. The van der Waals surface area contributed by atoms with Crippen molar-refractivity contribution in [2.75, 3.05) is 44.2 Å². The number of halogens is 1. The molecule has 1 aliphatic rings. The Bertz CT molecular complexity index is 687. The molecule has 0 saturated carbocycles. The van der Waals surface area contributed by atoms with Gasteiger partial charge in [0.15, 0.2) is 0 Å². The molecule has 1 aliphatic heterocycles. The number of nitrogens with zero attached hydrogens (tertiary/aromatic N) is 2. The number of aliphatic hydroxyl groups excluding tert-OH is 1. The van der Waals surface area contributed by atoms with Gasteiger partial charge in [-0.05, 0) is 36.8 Å². The minimum atomic E-state index is -0.526. The van der Waals surface area contributed by atoms with Gasteiger partial charge in [0.25, 0.3) is 0 Å². The summed E-state index contributed by atoms with van der Waals surface area (Å²) in [4.78, 5) is 4.68. The van der Waals surface area contributed by atoms with E-state index in [-0.39, 0.29) is 6.61 Å². The van der Waals surface area contributed by atoms with Crippen LogP contribution in [0.5, 0.6) is 5.75 Å². The molecule has 1 heterocycles. The molecular weight excluding hydrogens is 336 g/mol. The Labute approximate surface area is 154 Å². The fourth-order valence-corrected chi connectivity index (χ4v) is 3.30. The van der Waals surface area contributed by atoms with Gasteiger partial charge >= 0.3 is 0 Å². The molecule has 0 aliphatic carbocycles. The molecule has 4 nitrogen and oxygen atoms in total. The Balaban J connectivity index is 1.43. The number of aryl methyl sites for hydroxylation is 1. The van der Waals surface area contributed by atoms with Crippen LogP contribution in [0.3, 0.4) is 0 Å². The number of ether oxygens (including phenoxy) is 1. The van der Waals surface area contributed by atoms with Gasteiger partial charge in [-0.1, -0.05) is 35.9 Å². The van der Waals surface area contributed by atoms with E-state index in [2.05, 4.69) is 41.0 Å². The molecule has 0 bridgehead atoms. The molecule has 2 aromatic rings. The van der Waals surface area contributed by atoms with Crippen molar-refractivity contribution in [2.24, 2.45) is 0 Å². The lowest BCUT2D eigenvalue weighted by Gasteiger charge is -2.37. The molecule has 0 unspecified atom stereocenters. The highest BCUT2D eigenvalue weighted by molar-refractivity contribution is 6.32. The zero-order chi connectivity index (χ0) is 17.6. The Kier molecular flexibility index (Phi) is 6.19. The molecule has 25 heavy (non-hydrogen) atoms. The van der Waals surface area contributed by atoms with Crippen LogP contribution in [-0.4, -0.2) is 55.4 Å². The zero-order valence-corrected chi connectivity index (χ0v) is 15.3. The van der Waals surface area contributed by atoms with Crippen LogP contribution in [0.1, 0.15) is 5.56 Å². The van der Waals surface area contributed by atoms with Crippen molar-refractivity contribution >= 4 is 17.3 Å². The summed E-state index contributed by atoms with van der Waals surface area (Å²) in [7, 11) is 0. The summed E-state index contributed by atoms with van der Waals surface area (Å²) >= 11 is 6.06. The Hall–Kier alpha value is -1.75. The lowest BCUT2D eigenvalue weighted by Crippen LogP contribution is -2.49. The molecule has 0 radical (unpaired) electrons. The van der Waals surface area contributed by atoms with E-state index in [1.807, 2.05) is 18.2 Å². The van der Waals surface area contributed by atoms with E-state index in [1.165, 1.54) is 11.3 Å². The summed E-state index contributed by atoms with van der Waals surface area (Å²) in [6.45, 7) is 6.82. The van der Waals surface area contributed by atoms with Crippen LogP contribution in [0.25, 0.3) is 0 Å². The SMILES string of the molecule is Cc1cccc(N2CCN(C[C@@H](O)COc3ccccc3Cl)CC2)c1. The number of para-hydroxylation sites is 1. The zero-order valence-electron chi connectivity index (χ0n) is 14.6. The Morgan fingerprint density at radius 3 is 2.56 bits per heavy atom. The maximum absolute atomic E-state index is 10.2. The third kappa shape index (κ3) is 5.11. The van der Waals surface area contributed by atoms with Crippen molar-refractivity contribution in [3.05, 3.63) is 59.1 Å². The maximum atomic E-state index is 10.2. The van der Waals surface area contributed by atoms with E-state index in [1.54, 1.807) is 6.07 Å². The summed E-state index contributed by atoms with van der Waals surface area (Å²) < 4.78 is 5.62. The van der Waals surface area contributed by atoms with Crippen LogP contribution < -0.4 is 9.64 Å². The van der Waals surface area contributed by atoms with Gasteiger partial charge in [0, 0.05) is 38.4 Å². The van der Waals surface area contributed by atoms with E-state index in [4.69, 9.17) is 16.3 Å². The van der Waals surface area contributed by atoms with Gasteiger partial charge in [-0.3, -0.25) is 4.90 Å². The highest BCUT2D eigenvalue weighted by Gasteiger charge is 2.20. The molecule has 1 atom stereocenters. The lowest BCUT2D eigenvalue weighted by molar-refractivity contribution is 0.0663. The summed E-state index contributed by atoms with van der Waals surface area (Å²) in [5, 5.41) is 10.8. The number of hydrogen-bond donors (Lipinski definition) is 1. The van der Waals surface area contributed by atoms with E-state index in [0.717, 1.165) is 26.2 Å². The largest absolute Gasteiger partial charge is 0.489 e. The van der Waals surface area contributed by atoms with Crippen molar-refractivity contribution in [2.45, 2.75) is 13.0 Å². The quantitative estimate of drug-likeness (QED) is 0.858. The number of hydrogen-bond acceptors (Lipinski definition) is 4. The third-order valence-electron chi connectivity index (χ3n) is 4.48. The van der Waals surface area contributed by atoms with E-state index < -0.39 is 6.10 Å². The van der Waals surface area contributed by atoms with Crippen LogP contribution in [-0.2, 0) is 0 Å². The fraction of sp³-hybridized carbons (Fsp3) is 0.400. The molecule has 0 spiro atoms. The number of rotatable bonds is 6. The Morgan fingerprint density at radius 1 is 1.08 bits per heavy atom. The molecular formula is C20H25ClN2O2. The van der Waals surface area contributed by atoms with Gasteiger partial charge in [0.1, 0.15) is 18.5 Å². The predicted octanol–water partition coefficient (Wildman–Crippen LogP) is 3.21. The van der Waals surface area contributed by atoms with E-state index in [9.17, 15) is 5.11 Å². The van der Waals surface area contributed by atoms with Gasteiger partial charge in [0.2, 0.25) is 0 Å². The molecule has 1 saturated heterocycles. The predicted molar refractivity (Wildman–Crippen MR) is 103 cm³/mol. The average Bonchev–Trinajstić information content (AvgIpc) is 2.62. The first-order valence-corrected chi connectivity index (χ1v) is 9.09. The molecule has 0 amide bonds. The molecule has 2 aromatic carbocycles. The van der Waals surface area contributed by atoms with Gasteiger partial charge in [0.05, 0.1) is 5.02 Å². The second kappa shape index (κ2) is 8.56. The molecule has 1 N–H and O–H groups in total. The maximum Gasteiger partial charge on any atom is 0.138 e. The van der Waals surface area contributed by atoms with Crippen LogP contribution >= 0.6 is 11.6 Å². The first-order valence-electron chi connectivity index (χ1n) is 8.71. The van der Waals surface area contributed by atoms with Crippen molar-refractivity contribution in [1.29, 1.82) is 0 Å². The van der Waals surface area contributed by atoms with Crippen LogP contribution in [0.15, 0.2) is 48.5 Å². The Morgan fingerprint density at radius 2 is 1.84 bits per heavy atom. The second-order valence-electron chi connectivity index (χ2n) is 6.52. The van der Waals surface area contributed by atoms with Crippen LogP contribution in [0.2, 0.25) is 5.02 Å². The first kappa shape index (κ1) is 18.1. The van der Waals surface area contributed by atoms with Crippen LogP contribution in [0, 0.1) is 6.92 Å². The summed E-state index contributed by atoms with van der Waals surface area (Å²) in [6.07, 6.45) is -0.526. The van der Waals surface area contributed by atoms with E-state index >= 15 is 0 Å². The summed E-state index contributed by atoms with van der Waals surface area (Å²) in [6, 6.07) is 15.9. The normalized spacial score (nSPS) is 16.7. The smallest absolute Gasteiger partial charge is 0.138 e. The number of piperazine rings is 1. The van der Waals surface area contributed by atoms with Crippen molar-refractivity contribution in [1.82, 2.24) is 4.90 Å². The number of aliphatic hydroxyl groups is 1. The minimum absolute atomic E-state index is 0.252. The topological polar surface area (TPSA) is 35.9 Å². The number of anilines is 1. The molecule has 5 heteroatoms. The summed E-state index contributed by atoms with van der Waals surface area (Å²) in [5.74, 6) is 0.618. The lowest BCUT2D eigenvalue weighted by atomic mass is 10.2. The van der Waals surface area contributed by atoms with Crippen molar-refractivity contribution < 1.29 is 9.84 Å².